The van der Waals surface area contributed by atoms with E-state index >= 15 is 0 Å². The number of amides is 1. The van der Waals surface area contributed by atoms with Crippen LogP contribution in [-0.2, 0) is 13.0 Å². The largest absolute Gasteiger partial charge is 0.355 e. The number of halogens is 1. The van der Waals surface area contributed by atoms with Crippen LogP contribution in [0.15, 0.2) is 60.8 Å². The van der Waals surface area contributed by atoms with Crippen molar-refractivity contribution in [3.63, 3.8) is 0 Å². The Morgan fingerprint density at radius 2 is 1.93 bits per heavy atom. The highest BCUT2D eigenvalue weighted by atomic mass is 35.5. The van der Waals surface area contributed by atoms with Crippen molar-refractivity contribution in [3.05, 3.63) is 88.2 Å². The number of pyridine rings is 1. The molecule has 0 unspecified atom stereocenters. The number of carbonyl (C=O) groups excluding carboxylic acids is 1. The van der Waals surface area contributed by atoms with Crippen molar-refractivity contribution >= 4 is 28.9 Å². The zero-order valence-corrected chi connectivity index (χ0v) is 15.8. The van der Waals surface area contributed by atoms with Gasteiger partial charge in [-0.1, -0.05) is 41.9 Å². The maximum atomic E-state index is 12.9. The van der Waals surface area contributed by atoms with E-state index in [4.69, 9.17) is 11.6 Å². The minimum absolute atomic E-state index is 0.0454. The second-order valence-electron chi connectivity index (χ2n) is 6.76. The van der Waals surface area contributed by atoms with E-state index < -0.39 is 0 Å². The second kappa shape index (κ2) is 7.41. The molecule has 4 nitrogen and oxygen atoms in total. The first-order valence-electron chi connectivity index (χ1n) is 8.95. The van der Waals surface area contributed by atoms with Crippen LogP contribution in [0.1, 0.15) is 27.2 Å². The minimum atomic E-state index is -0.0454. The molecule has 1 aromatic heterocycles. The highest BCUT2D eigenvalue weighted by molar-refractivity contribution is 6.30. The molecule has 0 spiro atoms. The van der Waals surface area contributed by atoms with Gasteiger partial charge in [0.1, 0.15) is 5.69 Å². The number of nitrogens with zero attached hydrogens (tertiary/aromatic N) is 2. The van der Waals surface area contributed by atoms with E-state index in [0.29, 0.717) is 23.8 Å². The van der Waals surface area contributed by atoms with Gasteiger partial charge in [0, 0.05) is 35.7 Å². The SMILES string of the molecule is Cc1ccc(Cl)cc1Nc1ccnc(C(=O)N2CCc3ccccc3C2)c1. The third-order valence-corrected chi connectivity index (χ3v) is 5.11. The van der Waals surface area contributed by atoms with Crippen LogP contribution in [-0.4, -0.2) is 22.3 Å². The Morgan fingerprint density at radius 1 is 1.11 bits per heavy atom. The molecule has 27 heavy (non-hydrogen) atoms. The molecular formula is C22H20ClN3O. The molecule has 1 N–H and O–H groups in total. The van der Waals surface area contributed by atoms with E-state index in [2.05, 4.69) is 22.4 Å². The Labute approximate surface area is 163 Å². The molecule has 0 aliphatic carbocycles. The molecule has 0 bridgehead atoms. The molecule has 136 valence electrons. The molecule has 0 fully saturated rings. The van der Waals surface area contributed by atoms with Crippen molar-refractivity contribution in [1.29, 1.82) is 0 Å². The van der Waals surface area contributed by atoms with Gasteiger partial charge < -0.3 is 10.2 Å². The predicted octanol–water partition coefficient (Wildman–Crippen LogP) is 4.99. The number of hydrogen-bond acceptors (Lipinski definition) is 3. The van der Waals surface area contributed by atoms with Gasteiger partial charge in [0.25, 0.3) is 5.91 Å². The van der Waals surface area contributed by atoms with Gasteiger partial charge in [-0.05, 0) is 54.3 Å². The summed E-state index contributed by atoms with van der Waals surface area (Å²) in [6.45, 7) is 3.35. The van der Waals surface area contributed by atoms with Crippen molar-refractivity contribution in [2.24, 2.45) is 0 Å². The summed E-state index contributed by atoms with van der Waals surface area (Å²) in [6.07, 6.45) is 2.54. The molecule has 0 saturated heterocycles. The standard InChI is InChI=1S/C22H20ClN3O/c1-15-6-7-18(23)12-20(15)25-19-8-10-24-21(13-19)22(27)26-11-9-16-4-2-3-5-17(16)14-26/h2-8,10,12-13H,9,11,14H2,1H3,(H,24,25). The summed E-state index contributed by atoms with van der Waals surface area (Å²) in [7, 11) is 0. The third kappa shape index (κ3) is 3.81. The van der Waals surface area contributed by atoms with Crippen molar-refractivity contribution in [2.45, 2.75) is 19.9 Å². The fraction of sp³-hybridized carbons (Fsp3) is 0.182. The van der Waals surface area contributed by atoms with Crippen LogP contribution in [0.4, 0.5) is 11.4 Å². The Hall–Kier alpha value is -2.85. The normalized spacial score (nSPS) is 13.2. The quantitative estimate of drug-likeness (QED) is 0.699. The van der Waals surface area contributed by atoms with Crippen molar-refractivity contribution in [2.75, 3.05) is 11.9 Å². The number of carbonyl (C=O) groups is 1. The van der Waals surface area contributed by atoms with Crippen molar-refractivity contribution in [1.82, 2.24) is 9.88 Å². The molecule has 2 heterocycles. The fourth-order valence-corrected chi connectivity index (χ4v) is 3.51. The van der Waals surface area contributed by atoms with Gasteiger partial charge >= 0.3 is 0 Å². The van der Waals surface area contributed by atoms with E-state index in [1.165, 1.54) is 11.1 Å². The Morgan fingerprint density at radius 3 is 2.78 bits per heavy atom. The lowest BCUT2D eigenvalue weighted by Gasteiger charge is -2.28. The molecule has 1 aliphatic rings. The minimum Gasteiger partial charge on any atom is -0.355 e. The van der Waals surface area contributed by atoms with E-state index in [1.807, 2.05) is 48.2 Å². The van der Waals surface area contributed by atoms with Gasteiger partial charge in [-0.25, -0.2) is 0 Å². The molecule has 3 aromatic rings. The van der Waals surface area contributed by atoms with Crippen LogP contribution in [0, 0.1) is 6.92 Å². The topological polar surface area (TPSA) is 45.2 Å². The van der Waals surface area contributed by atoms with Crippen LogP contribution in [0.25, 0.3) is 0 Å². The summed E-state index contributed by atoms with van der Waals surface area (Å²) in [6, 6.07) is 17.6. The Kier molecular flexibility index (Phi) is 4.82. The monoisotopic (exact) mass is 377 g/mol. The number of nitrogens with one attached hydrogen (secondary N) is 1. The molecule has 0 radical (unpaired) electrons. The molecule has 1 amide bonds. The van der Waals surface area contributed by atoms with Crippen LogP contribution < -0.4 is 5.32 Å². The average Bonchev–Trinajstić information content (AvgIpc) is 2.70. The number of anilines is 2. The lowest BCUT2D eigenvalue weighted by Crippen LogP contribution is -2.36. The van der Waals surface area contributed by atoms with Gasteiger partial charge in [-0.3, -0.25) is 9.78 Å². The van der Waals surface area contributed by atoms with E-state index in [1.54, 1.807) is 12.3 Å². The Balaban J connectivity index is 1.54. The first kappa shape index (κ1) is 17.6. The molecule has 1 aliphatic heterocycles. The first-order chi connectivity index (χ1) is 13.1. The van der Waals surface area contributed by atoms with E-state index in [0.717, 1.165) is 23.4 Å². The number of rotatable bonds is 3. The lowest BCUT2D eigenvalue weighted by atomic mass is 10.00. The smallest absolute Gasteiger partial charge is 0.272 e. The highest BCUT2D eigenvalue weighted by Gasteiger charge is 2.22. The van der Waals surface area contributed by atoms with Gasteiger partial charge in [0.05, 0.1) is 0 Å². The second-order valence-corrected chi connectivity index (χ2v) is 7.20. The molecule has 0 saturated carbocycles. The van der Waals surface area contributed by atoms with E-state index in [-0.39, 0.29) is 5.91 Å². The third-order valence-electron chi connectivity index (χ3n) is 4.88. The van der Waals surface area contributed by atoms with Crippen molar-refractivity contribution in [3.8, 4) is 0 Å². The maximum Gasteiger partial charge on any atom is 0.272 e. The summed E-state index contributed by atoms with van der Waals surface area (Å²) in [5, 5.41) is 4.00. The van der Waals surface area contributed by atoms with Crippen LogP contribution in [0.5, 0.6) is 0 Å². The zero-order valence-electron chi connectivity index (χ0n) is 15.1. The lowest BCUT2D eigenvalue weighted by molar-refractivity contribution is 0.0729. The van der Waals surface area contributed by atoms with Gasteiger partial charge in [0.15, 0.2) is 0 Å². The average molecular weight is 378 g/mol. The highest BCUT2D eigenvalue weighted by Crippen LogP contribution is 2.25. The number of aromatic nitrogens is 1. The van der Waals surface area contributed by atoms with E-state index in [9.17, 15) is 4.79 Å². The summed E-state index contributed by atoms with van der Waals surface area (Å²) < 4.78 is 0. The summed E-state index contributed by atoms with van der Waals surface area (Å²) in [4.78, 5) is 19.1. The van der Waals surface area contributed by atoms with Gasteiger partial charge in [0.2, 0.25) is 0 Å². The summed E-state index contributed by atoms with van der Waals surface area (Å²) >= 11 is 6.09. The van der Waals surface area contributed by atoms with Gasteiger partial charge in [-0.2, -0.15) is 0 Å². The van der Waals surface area contributed by atoms with Gasteiger partial charge in [-0.15, -0.1) is 0 Å². The number of fused-ring (bicyclic) bond motifs is 1. The summed E-state index contributed by atoms with van der Waals surface area (Å²) in [5.41, 5.74) is 5.79. The summed E-state index contributed by atoms with van der Waals surface area (Å²) in [5.74, 6) is -0.0454. The molecular weight excluding hydrogens is 358 g/mol. The maximum absolute atomic E-state index is 12.9. The molecule has 5 heteroatoms. The van der Waals surface area contributed by atoms with Crippen LogP contribution in [0.2, 0.25) is 5.02 Å². The molecule has 4 rings (SSSR count). The molecule has 2 aromatic carbocycles. The predicted molar refractivity (Wildman–Crippen MR) is 109 cm³/mol. The van der Waals surface area contributed by atoms with Crippen LogP contribution >= 0.6 is 11.6 Å². The van der Waals surface area contributed by atoms with Crippen molar-refractivity contribution < 1.29 is 4.79 Å². The molecule has 0 atom stereocenters. The first-order valence-corrected chi connectivity index (χ1v) is 9.33. The number of aryl methyl sites for hydroxylation is 1. The van der Waals surface area contributed by atoms with Crippen LogP contribution in [0.3, 0.4) is 0 Å². The zero-order chi connectivity index (χ0) is 18.8. The number of hydrogen-bond donors (Lipinski definition) is 1. The Bertz CT molecular complexity index is 1000. The fourth-order valence-electron chi connectivity index (χ4n) is 3.34. The number of benzene rings is 2.